The molecule has 0 bridgehead atoms. The summed E-state index contributed by atoms with van der Waals surface area (Å²) in [5.41, 5.74) is 8.12. The van der Waals surface area contributed by atoms with Crippen LogP contribution in [0.25, 0.3) is 16.9 Å². The van der Waals surface area contributed by atoms with Crippen molar-refractivity contribution in [2.45, 2.75) is 6.92 Å². The second kappa shape index (κ2) is 5.40. The Labute approximate surface area is 126 Å². The molecule has 0 amide bonds. The van der Waals surface area contributed by atoms with Crippen LogP contribution in [0.4, 0.5) is 5.69 Å². The first-order chi connectivity index (χ1) is 10.6. The lowest BCUT2D eigenvalue weighted by Crippen LogP contribution is -2.03. The quantitative estimate of drug-likeness (QED) is 0.723. The number of fused-ring (bicyclic) bond motifs is 1. The number of anilines is 1. The number of carboxylic acid groups (broad SMARTS) is 1. The summed E-state index contributed by atoms with van der Waals surface area (Å²) in [6.45, 7) is 2.39. The fourth-order valence-electron chi connectivity index (χ4n) is 2.38. The first-order valence-electron chi connectivity index (χ1n) is 6.85. The second-order valence-corrected chi connectivity index (χ2v) is 4.73. The van der Waals surface area contributed by atoms with E-state index < -0.39 is 5.97 Å². The van der Waals surface area contributed by atoms with Gasteiger partial charge < -0.3 is 15.6 Å². The second-order valence-electron chi connectivity index (χ2n) is 4.73. The van der Waals surface area contributed by atoms with Crippen molar-refractivity contribution in [3.8, 4) is 17.0 Å². The molecule has 22 heavy (non-hydrogen) atoms. The van der Waals surface area contributed by atoms with Gasteiger partial charge in [0, 0.05) is 11.8 Å². The van der Waals surface area contributed by atoms with Gasteiger partial charge in [-0.05, 0) is 37.3 Å². The molecule has 0 aliphatic carbocycles. The molecule has 2 aromatic heterocycles. The average molecular weight is 297 g/mol. The normalized spacial score (nSPS) is 10.8. The molecule has 2 heterocycles. The smallest absolute Gasteiger partial charge is 0.355 e. The van der Waals surface area contributed by atoms with Gasteiger partial charge in [-0.25, -0.2) is 9.78 Å². The highest BCUT2D eigenvalue weighted by Gasteiger charge is 2.20. The van der Waals surface area contributed by atoms with Crippen molar-refractivity contribution in [3.63, 3.8) is 0 Å². The summed E-state index contributed by atoms with van der Waals surface area (Å²) in [7, 11) is 0. The predicted octanol–water partition coefficient (Wildman–Crippen LogP) is 2.68. The molecule has 6 nitrogen and oxygen atoms in total. The molecule has 0 saturated carbocycles. The summed E-state index contributed by atoms with van der Waals surface area (Å²) >= 11 is 0. The highest BCUT2D eigenvalue weighted by Crippen LogP contribution is 2.30. The Morgan fingerprint density at radius 1 is 1.36 bits per heavy atom. The maximum absolute atomic E-state index is 11.6. The number of aromatic nitrogens is 2. The minimum Gasteiger partial charge on any atom is -0.492 e. The molecule has 3 aromatic rings. The number of imidazole rings is 1. The lowest BCUT2D eigenvalue weighted by molar-refractivity contribution is 0.0690. The molecule has 3 N–H and O–H groups in total. The first-order valence-corrected chi connectivity index (χ1v) is 6.85. The van der Waals surface area contributed by atoms with E-state index in [9.17, 15) is 9.90 Å². The number of nitrogens with two attached hydrogens (primary N) is 1. The van der Waals surface area contributed by atoms with E-state index in [-0.39, 0.29) is 5.69 Å². The molecule has 3 rings (SSSR count). The summed E-state index contributed by atoms with van der Waals surface area (Å²) < 4.78 is 6.94. The van der Waals surface area contributed by atoms with Gasteiger partial charge in [0.15, 0.2) is 5.69 Å². The Balaban J connectivity index is 2.19. The molecule has 0 unspecified atom stereocenters. The molecular formula is C16H15N3O3. The molecule has 0 aliphatic rings. The number of hydrogen-bond acceptors (Lipinski definition) is 4. The summed E-state index contributed by atoms with van der Waals surface area (Å²) in [5, 5.41) is 9.51. The summed E-state index contributed by atoms with van der Waals surface area (Å²) in [6, 6.07) is 10.5. The number of nitrogen functional groups attached to an aromatic ring is 1. The van der Waals surface area contributed by atoms with Crippen LogP contribution in [0.1, 0.15) is 17.4 Å². The Morgan fingerprint density at radius 3 is 2.86 bits per heavy atom. The molecule has 112 valence electrons. The number of aromatic carboxylic acids is 1. The molecule has 0 aliphatic heterocycles. The third-order valence-corrected chi connectivity index (χ3v) is 3.32. The van der Waals surface area contributed by atoms with Crippen molar-refractivity contribution in [1.82, 2.24) is 9.38 Å². The lowest BCUT2D eigenvalue weighted by Gasteiger charge is -2.08. The SMILES string of the molecule is CCOc1ccc(-c2nc3ccccn3c2C(=O)O)cc1N. The van der Waals surface area contributed by atoms with Crippen molar-refractivity contribution >= 4 is 17.3 Å². The molecule has 0 fully saturated rings. The van der Waals surface area contributed by atoms with Crippen LogP contribution in [-0.4, -0.2) is 27.1 Å². The number of carboxylic acids is 1. The van der Waals surface area contributed by atoms with Gasteiger partial charge in [-0.15, -0.1) is 0 Å². The van der Waals surface area contributed by atoms with Crippen molar-refractivity contribution in [3.05, 3.63) is 48.3 Å². The maximum atomic E-state index is 11.6. The average Bonchev–Trinajstić information content (AvgIpc) is 2.89. The highest BCUT2D eigenvalue weighted by molar-refractivity contribution is 5.95. The summed E-state index contributed by atoms with van der Waals surface area (Å²) in [6.07, 6.45) is 1.67. The van der Waals surface area contributed by atoms with Crippen LogP contribution < -0.4 is 10.5 Å². The van der Waals surface area contributed by atoms with E-state index in [4.69, 9.17) is 10.5 Å². The van der Waals surface area contributed by atoms with Crippen LogP contribution in [0.2, 0.25) is 0 Å². The van der Waals surface area contributed by atoms with E-state index >= 15 is 0 Å². The summed E-state index contributed by atoms with van der Waals surface area (Å²) in [5.74, 6) is -0.465. The Morgan fingerprint density at radius 2 is 2.18 bits per heavy atom. The number of ether oxygens (including phenoxy) is 1. The zero-order chi connectivity index (χ0) is 15.7. The highest BCUT2D eigenvalue weighted by atomic mass is 16.5. The zero-order valence-electron chi connectivity index (χ0n) is 12.0. The molecule has 1 aromatic carbocycles. The number of carbonyl (C=O) groups is 1. The van der Waals surface area contributed by atoms with E-state index in [0.717, 1.165) is 0 Å². The minimum absolute atomic E-state index is 0.110. The fourth-order valence-corrected chi connectivity index (χ4v) is 2.38. The van der Waals surface area contributed by atoms with E-state index in [2.05, 4.69) is 4.98 Å². The van der Waals surface area contributed by atoms with Crippen LogP contribution in [0.3, 0.4) is 0 Å². The Bertz CT molecular complexity index is 855. The lowest BCUT2D eigenvalue weighted by atomic mass is 10.1. The van der Waals surface area contributed by atoms with E-state index in [1.165, 1.54) is 0 Å². The van der Waals surface area contributed by atoms with E-state index in [1.807, 2.05) is 13.0 Å². The minimum atomic E-state index is -1.04. The van der Waals surface area contributed by atoms with Crippen LogP contribution in [0.5, 0.6) is 5.75 Å². The Hall–Kier alpha value is -3.02. The third kappa shape index (κ3) is 2.24. The van der Waals surface area contributed by atoms with Gasteiger partial charge >= 0.3 is 5.97 Å². The van der Waals surface area contributed by atoms with Crippen molar-refractivity contribution < 1.29 is 14.6 Å². The molecule has 6 heteroatoms. The molecular weight excluding hydrogens is 282 g/mol. The van der Waals surface area contributed by atoms with Crippen LogP contribution in [0.15, 0.2) is 42.6 Å². The Kier molecular flexibility index (Phi) is 3.42. The van der Waals surface area contributed by atoms with Crippen LogP contribution in [-0.2, 0) is 0 Å². The van der Waals surface area contributed by atoms with Crippen molar-refractivity contribution in [2.24, 2.45) is 0 Å². The molecule has 0 radical (unpaired) electrons. The topological polar surface area (TPSA) is 89.8 Å². The summed E-state index contributed by atoms with van der Waals surface area (Å²) in [4.78, 5) is 16.0. The van der Waals surface area contributed by atoms with E-state index in [1.54, 1.807) is 40.9 Å². The number of hydrogen-bond donors (Lipinski definition) is 2. The van der Waals surface area contributed by atoms with Gasteiger partial charge in [-0.3, -0.25) is 4.40 Å². The largest absolute Gasteiger partial charge is 0.492 e. The predicted molar refractivity (Wildman–Crippen MR) is 83.2 cm³/mol. The van der Waals surface area contributed by atoms with Gasteiger partial charge in [-0.2, -0.15) is 0 Å². The molecule has 0 spiro atoms. The van der Waals surface area contributed by atoms with Crippen molar-refractivity contribution in [1.29, 1.82) is 0 Å². The van der Waals surface area contributed by atoms with Gasteiger partial charge in [0.05, 0.1) is 12.3 Å². The van der Waals surface area contributed by atoms with Crippen molar-refractivity contribution in [2.75, 3.05) is 12.3 Å². The van der Waals surface area contributed by atoms with E-state index in [0.29, 0.717) is 34.9 Å². The maximum Gasteiger partial charge on any atom is 0.355 e. The monoisotopic (exact) mass is 297 g/mol. The third-order valence-electron chi connectivity index (χ3n) is 3.32. The van der Waals surface area contributed by atoms with Gasteiger partial charge in [-0.1, -0.05) is 6.07 Å². The van der Waals surface area contributed by atoms with Crippen LogP contribution >= 0.6 is 0 Å². The molecule has 0 saturated heterocycles. The fraction of sp³-hybridized carbons (Fsp3) is 0.125. The zero-order valence-corrected chi connectivity index (χ0v) is 12.0. The number of benzene rings is 1. The number of pyridine rings is 1. The van der Waals surface area contributed by atoms with Gasteiger partial charge in [0.25, 0.3) is 0 Å². The van der Waals surface area contributed by atoms with Gasteiger partial charge in [0.1, 0.15) is 17.1 Å². The van der Waals surface area contributed by atoms with Gasteiger partial charge in [0.2, 0.25) is 0 Å². The number of nitrogens with zero attached hydrogens (tertiary/aromatic N) is 2. The molecule has 0 atom stereocenters. The van der Waals surface area contributed by atoms with Crippen LogP contribution in [0, 0.1) is 0 Å². The standard InChI is InChI=1S/C16H15N3O3/c1-2-22-12-7-6-10(9-11(12)17)14-15(16(20)21)19-8-4-3-5-13(19)18-14/h3-9H,2,17H2,1H3,(H,20,21). The first kappa shape index (κ1) is 13.9. The number of rotatable bonds is 4.